The molecule has 0 aliphatic heterocycles. The first-order valence-corrected chi connectivity index (χ1v) is 3.96. The van der Waals surface area contributed by atoms with E-state index in [1.165, 1.54) is 5.54 Å². The average Bonchev–Trinajstić information content (AvgIpc) is 1.87. The second-order valence-electron chi connectivity index (χ2n) is 2.01. The molecule has 0 aromatic heterocycles. The van der Waals surface area contributed by atoms with Gasteiger partial charge >= 0.3 is 5.97 Å². The Labute approximate surface area is 77.0 Å². The van der Waals surface area contributed by atoms with Gasteiger partial charge in [0.25, 0.3) is 0 Å². The molecule has 0 aliphatic carbocycles. The number of hydrogen-bond acceptors (Lipinski definition) is 2. The summed E-state index contributed by atoms with van der Waals surface area (Å²) in [5.41, 5.74) is 1.22. The second kappa shape index (κ2) is 10.2. The van der Waals surface area contributed by atoms with Crippen LogP contribution < -0.4 is 0 Å². The van der Waals surface area contributed by atoms with Gasteiger partial charge < -0.3 is 5.11 Å². The minimum Gasteiger partial charge on any atom is -0.481 e. The molecule has 0 aromatic carbocycles. The molecule has 0 rings (SSSR count). The van der Waals surface area contributed by atoms with Gasteiger partial charge in [-0.05, 0) is 12.0 Å². The van der Waals surface area contributed by atoms with Crippen molar-refractivity contribution in [2.24, 2.45) is 0 Å². The minimum atomic E-state index is -1.03. The largest absolute Gasteiger partial charge is 0.481 e. The van der Waals surface area contributed by atoms with Crippen molar-refractivity contribution in [3.63, 3.8) is 0 Å². The molecule has 0 atom stereocenters. The van der Waals surface area contributed by atoms with Gasteiger partial charge in [-0.25, -0.2) is 0 Å². The zero-order valence-electron chi connectivity index (χ0n) is 7.05. The average molecular weight is 193 g/mol. The molecule has 0 heterocycles. The summed E-state index contributed by atoms with van der Waals surface area (Å²) in [6, 6.07) is 0. The maximum Gasteiger partial charge on any atom is 0.310 e. The molecule has 0 bridgehead atoms. The lowest BCUT2D eigenvalue weighted by Crippen LogP contribution is -2.05. The zero-order valence-corrected chi connectivity index (χ0v) is 7.80. The van der Waals surface area contributed by atoms with Gasteiger partial charge in [-0.2, -0.15) is 0 Å². The van der Waals surface area contributed by atoms with Gasteiger partial charge in [0.15, 0.2) is 0 Å². The van der Waals surface area contributed by atoms with Crippen LogP contribution in [0.25, 0.3) is 0 Å². The van der Waals surface area contributed by atoms with Gasteiger partial charge in [0.1, 0.15) is 12.2 Å². The number of Topliss-reactive ketones (excluding diaryl/α,β-unsaturated/α-hetero) is 1. The standard InChI is InChI=1S/C6H10O3.C2H3Cl/c1-2-3-5(7)4-6(8)9;1-2-3/h2-4H2,1H3,(H,8,9);2H,1H2. The predicted octanol–water partition coefficient (Wildman–Crippen LogP) is 2.20. The van der Waals surface area contributed by atoms with E-state index in [0.717, 1.165) is 6.42 Å². The van der Waals surface area contributed by atoms with Crippen molar-refractivity contribution in [3.05, 3.63) is 12.1 Å². The number of rotatable bonds is 4. The fourth-order valence-electron chi connectivity index (χ4n) is 0.536. The molecule has 0 unspecified atom stereocenters. The molecule has 0 aliphatic rings. The molecule has 0 saturated carbocycles. The lowest BCUT2D eigenvalue weighted by atomic mass is 10.2. The summed E-state index contributed by atoms with van der Waals surface area (Å²) in [5.74, 6) is -1.22. The highest BCUT2D eigenvalue weighted by Crippen LogP contribution is 1.92. The van der Waals surface area contributed by atoms with E-state index in [9.17, 15) is 9.59 Å². The van der Waals surface area contributed by atoms with Crippen molar-refractivity contribution in [1.29, 1.82) is 0 Å². The van der Waals surface area contributed by atoms with Crippen molar-refractivity contribution in [2.45, 2.75) is 26.2 Å². The summed E-state index contributed by atoms with van der Waals surface area (Å²) in [5, 5.41) is 8.09. The Morgan fingerprint density at radius 3 is 2.25 bits per heavy atom. The molecule has 1 N–H and O–H groups in total. The maximum absolute atomic E-state index is 10.5. The fraction of sp³-hybridized carbons (Fsp3) is 0.500. The maximum atomic E-state index is 10.5. The number of hydrogen-bond donors (Lipinski definition) is 1. The van der Waals surface area contributed by atoms with Crippen molar-refractivity contribution in [1.82, 2.24) is 0 Å². The van der Waals surface area contributed by atoms with Crippen LogP contribution in [0.2, 0.25) is 0 Å². The van der Waals surface area contributed by atoms with E-state index in [2.05, 4.69) is 6.58 Å². The molecule has 70 valence electrons. The SMILES string of the molecule is C=CCl.CCCC(=O)CC(=O)O. The molecule has 0 radical (unpaired) electrons. The van der Waals surface area contributed by atoms with Crippen LogP contribution in [-0.4, -0.2) is 16.9 Å². The number of ketones is 1. The Morgan fingerprint density at radius 1 is 1.58 bits per heavy atom. The van der Waals surface area contributed by atoms with E-state index in [1.54, 1.807) is 0 Å². The smallest absolute Gasteiger partial charge is 0.310 e. The minimum absolute atomic E-state index is 0.190. The Bertz CT molecular complexity index is 154. The first kappa shape index (κ1) is 13.7. The van der Waals surface area contributed by atoms with Crippen LogP contribution in [-0.2, 0) is 9.59 Å². The first-order valence-electron chi connectivity index (χ1n) is 3.53. The molecule has 0 spiro atoms. The van der Waals surface area contributed by atoms with Crippen molar-refractivity contribution < 1.29 is 14.7 Å². The summed E-state index contributed by atoms with van der Waals surface area (Å²) >= 11 is 4.76. The lowest BCUT2D eigenvalue weighted by Gasteiger charge is -1.90. The number of carbonyl (C=O) groups is 2. The third-order valence-corrected chi connectivity index (χ3v) is 0.877. The van der Waals surface area contributed by atoms with E-state index >= 15 is 0 Å². The molecule has 12 heavy (non-hydrogen) atoms. The van der Waals surface area contributed by atoms with Crippen LogP contribution in [0.3, 0.4) is 0 Å². The van der Waals surface area contributed by atoms with Crippen LogP contribution in [0.4, 0.5) is 0 Å². The Morgan fingerprint density at radius 2 is 2.00 bits per heavy atom. The van der Waals surface area contributed by atoms with Gasteiger partial charge in [0.2, 0.25) is 0 Å². The van der Waals surface area contributed by atoms with Crippen molar-refractivity contribution >= 4 is 23.4 Å². The van der Waals surface area contributed by atoms with E-state index in [0.29, 0.717) is 6.42 Å². The molecule has 0 fully saturated rings. The highest BCUT2D eigenvalue weighted by molar-refractivity contribution is 6.25. The lowest BCUT2D eigenvalue weighted by molar-refractivity contribution is -0.140. The van der Waals surface area contributed by atoms with Gasteiger partial charge in [0, 0.05) is 6.42 Å². The predicted molar refractivity (Wildman–Crippen MR) is 48.2 cm³/mol. The third-order valence-electron chi connectivity index (χ3n) is 0.877. The second-order valence-corrected chi connectivity index (χ2v) is 2.32. The number of carbonyl (C=O) groups excluding carboxylic acids is 1. The van der Waals surface area contributed by atoms with E-state index < -0.39 is 5.97 Å². The van der Waals surface area contributed by atoms with Gasteiger partial charge in [-0.1, -0.05) is 25.1 Å². The van der Waals surface area contributed by atoms with Gasteiger partial charge in [-0.3, -0.25) is 9.59 Å². The number of carboxylic acids is 1. The van der Waals surface area contributed by atoms with E-state index in [-0.39, 0.29) is 12.2 Å². The van der Waals surface area contributed by atoms with Gasteiger partial charge in [-0.15, -0.1) is 0 Å². The quantitative estimate of drug-likeness (QED) is 0.695. The molecule has 4 heteroatoms. The summed E-state index contributed by atoms with van der Waals surface area (Å²) < 4.78 is 0. The Hall–Kier alpha value is -0.830. The highest BCUT2D eigenvalue weighted by Gasteiger charge is 2.04. The zero-order chi connectivity index (χ0) is 9.98. The van der Waals surface area contributed by atoms with E-state index in [1.807, 2.05) is 6.92 Å². The third kappa shape index (κ3) is 16.1. The molecule has 3 nitrogen and oxygen atoms in total. The van der Waals surface area contributed by atoms with Crippen LogP contribution >= 0.6 is 11.6 Å². The van der Waals surface area contributed by atoms with E-state index in [4.69, 9.17) is 16.7 Å². The van der Waals surface area contributed by atoms with Crippen LogP contribution in [0, 0.1) is 0 Å². The van der Waals surface area contributed by atoms with Crippen LogP contribution in [0.1, 0.15) is 26.2 Å². The summed E-state index contributed by atoms with van der Waals surface area (Å²) in [4.78, 5) is 20.3. The topological polar surface area (TPSA) is 54.4 Å². The normalized spacial score (nSPS) is 7.83. The summed E-state index contributed by atoms with van der Waals surface area (Å²) in [6.45, 7) is 4.97. The van der Waals surface area contributed by atoms with Gasteiger partial charge in [0.05, 0.1) is 0 Å². The molecular formula is C8H13ClO3. The molecule has 0 saturated heterocycles. The first-order chi connectivity index (χ1) is 5.58. The summed E-state index contributed by atoms with van der Waals surface area (Å²) in [7, 11) is 0. The van der Waals surface area contributed by atoms with Crippen molar-refractivity contribution in [3.8, 4) is 0 Å². The monoisotopic (exact) mass is 192 g/mol. The highest BCUT2D eigenvalue weighted by atomic mass is 35.5. The molecular weight excluding hydrogens is 180 g/mol. The van der Waals surface area contributed by atoms with Crippen LogP contribution in [0.5, 0.6) is 0 Å². The van der Waals surface area contributed by atoms with Crippen LogP contribution in [0.15, 0.2) is 12.1 Å². The Balaban J connectivity index is 0. The fourth-order valence-corrected chi connectivity index (χ4v) is 0.536. The Kier molecular flexibility index (Phi) is 11.6. The molecule has 0 amide bonds. The number of halogens is 1. The number of carboxylic acid groups (broad SMARTS) is 1. The molecule has 0 aromatic rings. The summed E-state index contributed by atoms with van der Waals surface area (Å²) in [6.07, 6.45) is 0.784. The van der Waals surface area contributed by atoms with Crippen molar-refractivity contribution in [2.75, 3.05) is 0 Å². The number of aliphatic carboxylic acids is 1.